The molecular formula is C10H14I-. The van der Waals surface area contributed by atoms with Crippen LogP contribution in [0.5, 0.6) is 0 Å². The van der Waals surface area contributed by atoms with Crippen LogP contribution < -0.4 is 21.2 Å². The third kappa shape index (κ3) is 2.81. The van der Waals surface area contributed by atoms with E-state index < -0.39 is 0 Å². The number of hydrogen-bond acceptors (Lipinski definition) is 0. The van der Waals surface area contributed by atoms with Crippen molar-refractivity contribution in [1.29, 1.82) is 0 Å². The summed E-state index contributed by atoms with van der Waals surface area (Å²) in [5.41, 5.74) is 2.96. The molecule has 0 saturated heterocycles. The Kier molecular flexibility index (Phi) is 3.91. The predicted molar refractivity (Wildman–Crippen MR) is 45.4 cm³/mol. The van der Waals surface area contributed by atoms with Crippen LogP contribution in [0.1, 0.15) is 18.1 Å². The van der Waals surface area contributed by atoms with Gasteiger partial charge in [-0.1, -0.05) is 0 Å². The van der Waals surface area contributed by atoms with Crippen molar-refractivity contribution < 1.29 is 21.2 Å². The van der Waals surface area contributed by atoms with Gasteiger partial charge in [-0.05, 0) is 0 Å². The molecule has 1 aromatic rings. The molecule has 0 aliphatic carbocycles. The molecule has 0 aliphatic heterocycles. The zero-order chi connectivity index (χ0) is 8.10. The SMILES string of the molecule is CCc1ccc(C[I-]C)cc1. The second kappa shape index (κ2) is 4.75. The van der Waals surface area contributed by atoms with Crippen LogP contribution in [0.25, 0.3) is 0 Å². The first-order valence-corrected chi connectivity index (χ1v) is 7.56. The fourth-order valence-electron chi connectivity index (χ4n) is 1.02. The number of aryl methyl sites for hydroxylation is 1. The molecule has 0 aliphatic rings. The van der Waals surface area contributed by atoms with E-state index in [1.54, 1.807) is 0 Å². The van der Waals surface area contributed by atoms with Gasteiger partial charge in [0.15, 0.2) is 0 Å². The van der Waals surface area contributed by atoms with E-state index in [2.05, 4.69) is 36.1 Å². The number of halogens is 1. The predicted octanol–water partition coefficient (Wildman–Crippen LogP) is -0.532. The summed E-state index contributed by atoms with van der Waals surface area (Å²) in [6.45, 7) is 2.20. The van der Waals surface area contributed by atoms with Crippen molar-refractivity contribution in [3.63, 3.8) is 0 Å². The average molecular weight is 261 g/mol. The molecule has 0 nitrogen and oxygen atoms in total. The average Bonchev–Trinajstić information content (AvgIpc) is 2.07. The van der Waals surface area contributed by atoms with E-state index in [1.165, 1.54) is 15.6 Å². The van der Waals surface area contributed by atoms with E-state index in [4.69, 9.17) is 0 Å². The van der Waals surface area contributed by atoms with Crippen LogP contribution in [0, 0.1) is 0 Å². The molecule has 0 spiro atoms. The van der Waals surface area contributed by atoms with Crippen molar-refractivity contribution in [2.75, 3.05) is 4.93 Å². The van der Waals surface area contributed by atoms with Crippen molar-refractivity contribution in [2.45, 2.75) is 17.8 Å². The van der Waals surface area contributed by atoms with E-state index in [-0.39, 0.29) is 0 Å². The second-order valence-corrected chi connectivity index (χ2v) is 4.86. The summed E-state index contributed by atoms with van der Waals surface area (Å²) in [5, 5.41) is 0. The molecule has 1 rings (SSSR count). The molecule has 1 heteroatoms. The van der Waals surface area contributed by atoms with Gasteiger partial charge in [-0.25, -0.2) is 0 Å². The molecule has 0 atom stereocenters. The maximum atomic E-state index is 2.33. The van der Waals surface area contributed by atoms with Gasteiger partial charge in [-0.3, -0.25) is 0 Å². The van der Waals surface area contributed by atoms with Gasteiger partial charge in [0, 0.05) is 0 Å². The molecule has 0 unspecified atom stereocenters. The van der Waals surface area contributed by atoms with Crippen molar-refractivity contribution in [2.24, 2.45) is 0 Å². The standard InChI is InChI=1S/C10H14I/c1-3-9-4-6-10(7-5-9)8-11-2/h4-7H,3,8H2,1-2H3/q-1. The Morgan fingerprint density at radius 2 is 1.64 bits per heavy atom. The van der Waals surface area contributed by atoms with E-state index in [1.807, 2.05) is 0 Å². The first kappa shape index (κ1) is 9.04. The zero-order valence-corrected chi connectivity index (χ0v) is 9.26. The van der Waals surface area contributed by atoms with Crippen molar-refractivity contribution in [3.8, 4) is 0 Å². The molecule has 0 amide bonds. The van der Waals surface area contributed by atoms with Crippen LogP contribution in [-0.4, -0.2) is 4.93 Å². The first-order chi connectivity index (χ1) is 5.36. The number of hydrogen-bond donors (Lipinski definition) is 0. The van der Waals surface area contributed by atoms with Crippen LogP contribution in [0.4, 0.5) is 0 Å². The van der Waals surface area contributed by atoms with Crippen LogP contribution in [0.15, 0.2) is 24.3 Å². The van der Waals surface area contributed by atoms with Gasteiger partial charge in [-0.2, -0.15) is 0 Å². The van der Waals surface area contributed by atoms with E-state index in [9.17, 15) is 0 Å². The molecule has 0 aromatic heterocycles. The summed E-state index contributed by atoms with van der Waals surface area (Å²) in [6, 6.07) is 9.02. The monoisotopic (exact) mass is 261 g/mol. The molecule has 0 radical (unpaired) electrons. The Bertz CT molecular complexity index is 201. The van der Waals surface area contributed by atoms with Crippen LogP contribution in [0.2, 0.25) is 0 Å². The maximum absolute atomic E-state index is 2.33. The minimum atomic E-state index is 0.414. The van der Waals surface area contributed by atoms with Gasteiger partial charge in [0.25, 0.3) is 0 Å². The molecular weight excluding hydrogens is 247 g/mol. The second-order valence-electron chi connectivity index (χ2n) is 2.57. The fraction of sp³-hybridized carbons (Fsp3) is 0.400. The summed E-state index contributed by atoms with van der Waals surface area (Å²) in [4.78, 5) is 2.33. The molecule has 0 heterocycles. The molecule has 0 fully saturated rings. The van der Waals surface area contributed by atoms with Crippen LogP contribution in [-0.2, 0) is 10.8 Å². The van der Waals surface area contributed by atoms with E-state index >= 15 is 0 Å². The normalized spacial score (nSPS) is 10.4. The number of benzene rings is 1. The number of rotatable bonds is 3. The van der Waals surface area contributed by atoms with E-state index in [0.717, 1.165) is 6.42 Å². The third-order valence-electron chi connectivity index (χ3n) is 1.72. The van der Waals surface area contributed by atoms with Gasteiger partial charge < -0.3 is 0 Å². The summed E-state index contributed by atoms with van der Waals surface area (Å²) < 4.78 is 1.32. The molecule has 0 N–H and O–H groups in total. The Hall–Kier alpha value is -0.0500. The van der Waals surface area contributed by atoms with Crippen molar-refractivity contribution in [1.82, 2.24) is 0 Å². The summed E-state index contributed by atoms with van der Waals surface area (Å²) >= 11 is 0.414. The Morgan fingerprint density at radius 1 is 1.09 bits per heavy atom. The molecule has 62 valence electrons. The van der Waals surface area contributed by atoms with E-state index in [0.29, 0.717) is 21.2 Å². The minimum absolute atomic E-state index is 0.414. The summed E-state index contributed by atoms with van der Waals surface area (Å²) in [6.07, 6.45) is 1.15. The Balaban J connectivity index is 2.66. The molecule has 0 bridgehead atoms. The van der Waals surface area contributed by atoms with Gasteiger partial charge in [0.1, 0.15) is 0 Å². The van der Waals surface area contributed by atoms with Gasteiger partial charge in [-0.15, -0.1) is 0 Å². The van der Waals surface area contributed by atoms with Crippen molar-refractivity contribution in [3.05, 3.63) is 35.4 Å². The Morgan fingerprint density at radius 3 is 2.09 bits per heavy atom. The summed E-state index contributed by atoms with van der Waals surface area (Å²) in [7, 11) is 0. The van der Waals surface area contributed by atoms with Gasteiger partial charge in [0.05, 0.1) is 0 Å². The first-order valence-electron chi connectivity index (χ1n) is 3.88. The van der Waals surface area contributed by atoms with Gasteiger partial charge in [0.2, 0.25) is 0 Å². The van der Waals surface area contributed by atoms with Crippen LogP contribution >= 0.6 is 0 Å². The number of alkyl halides is 2. The van der Waals surface area contributed by atoms with Gasteiger partial charge >= 0.3 is 79.3 Å². The quantitative estimate of drug-likeness (QED) is 0.507. The zero-order valence-electron chi connectivity index (χ0n) is 7.10. The summed E-state index contributed by atoms with van der Waals surface area (Å²) in [5.74, 6) is 0. The molecule has 0 saturated carbocycles. The fourth-order valence-corrected chi connectivity index (χ4v) is 2.41. The van der Waals surface area contributed by atoms with Crippen LogP contribution in [0.3, 0.4) is 0 Å². The third-order valence-corrected chi connectivity index (χ3v) is 3.36. The Labute approximate surface area is 79.3 Å². The topological polar surface area (TPSA) is 0 Å². The molecule has 11 heavy (non-hydrogen) atoms. The van der Waals surface area contributed by atoms with Crippen molar-refractivity contribution >= 4 is 0 Å². The molecule has 1 aromatic carbocycles.